The van der Waals surface area contributed by atoms with Crippen LogP contribution in [0.25, 0.3) is 0 Å². The van der Waals surface area contributed by atoms with E-state index in [1.54, 1.807) is 16.3 Å². The molecule has 1 N–H and O–H groups in total. The molecule has 3 aromatic rings. The number of carbonyl (C=O) groups is 1. The Morgan fingerprint density at radius 1 is 1.23 bits per heavy atom. The van der Waals surface area contributed by atoms with Gasteiger partial charge in [0.25, 0.3) is 5.56 Å². The number of thioether (sulfide) groups is 2. The molecule has 1 aliphatic rings. The zero-order valence-corrected chi connectivity index (χ0v) is 19.5. The molecule has 1 unspecified atom stereocenters. The minimum atomic E-state index is -0.109. The Labute approximate surface area is 190 Å². The lowest BCUT2D eigenvalue weighted by Gasteiger charge is -2.14. The molecule has 1 atom stereocenters. The van der Waals surface area contributed by atoms with Crippen molar-refractivity contribution >= 4 is 35.1 Å². The average Bonchev–Trinajstić information content (AvgIpc) is 3.13. The van der Waals surface area contributed by atoms with Crippen LogP contribution in [0.1, 0.15) is 29.3 Å². The van der Waals surface area contributed by atoms with Crippen LogP contribution < -0.4 is 10.9 Å². The second-order valence-corrected chi connectivity index (χ2v) is 10.2. The van der Waals surface area contributed by atoms with Gasteiger partial charge in [-0.05, 0) is 36.6 Å². The molecule has 2 heterocycles. The first-order chi connectivity index (χ1) is 14.9. The van der Waals surface area contributed by atoms with E-state index >= 15 is 0 Å². The van der Waals surface area contributed by atoms with Crippen LogP contribution in [0.3, 0.4) is 0 Å². The van der Waals surface area contributed by atoms with Gasteiger partial charge in [0, 0.05) is 17.4 Å². The maximum absolute atomic E-state index is 13.2. The number of aryl methyl sites for hydroxylation is 2. The van der Waals surface area contributed by atoms with Crippen molar-refractivity contribution in [3.05, 3.63) is 81.3 Å². The van der Waals surface area contributed by atoms with Crippen molar-refractivity contribution in [1.82, 2.24) is 9.55 Å². The normalized spacial score (nSPS) is 15.0. The molecular weight excluding hydrogens is 426 g/mol. The largest absolute Gasteiger partial charge is 0.325 e. The minimum Gasteiger partial charge on any atom is -0.325 e. The summed E-state index contributed by atoms with van der Waals surface area (Å²) in [6.45, 7) is 6.52. The monoisotopic (exact) mass is 451 g/mol. The van der Waals surface area contributed by atoms with E-state index in [9.17, 15) is 9.59 Å². The summed E-state index contributed by atoms with van der Waals surface area (Å²) >= 11 is 2.91. The van der Waals surface area contributed by atoms with E-state index in [1.165, 1.54) is 11.8 Å². The zero-order chi connectivity index (χ0) is 22.0. The number of nitrogens with one attached hydrogen (secondary N) is 1. The van der Waals surface area contributed by atoms with Gasteiger partial charge in [-0.3, -0.25) is 14.2 Å². The molecule has 0 fully saturated rings. The molecule has 0 aliphatic carbocycles. The Hall–Kier alpha value is -2.51. The highest BCUT2D eigenvalue weighted by molar-refractivity contribution is 8.00. The second-order valence-electron chi connectivity index (χ2n) is 7.83. The van der Waals surface area contributed by atoms with Crippen LogP contribution in [0, 0.1) is 13.8 Å². The molecule has 31 heavy (non-hydrogen) atoms. The summed E-state index contributed by atoms with van der Waals surface area (Å²) < 4.78 is 1.70. The lowest BCUT2D eigenvalue weighted by atomic mass is 10.1. The third-order valence-electron chi connectivity index (χ3n) is 5.15. The smallest absolute Gasteiger partial charge is 0.268 e. The average molecular weight is 452 g/mol. The molecule has 1 aromatic heterocycles. The number of hydrogen-bond acceptors (Lipinski definition) is 5. The van der Waals surface area contributed by atoms with Crippen molar-refractivity contribution in [3.63, 3.8) is 0 Å². The van der Waals surface area contributed by atoms with Crippen LogP contribution in [0.15, 0.2) is 63.4 Å². The Kier molecular flexibility index (Phi) is 6.53. The molecule has 160 valence electrons. The van der Waals surface area contributed by atoms with Crippen LogP contribution in [0.2, 0.25) is 0 Å². The molecule has 0 spiro atoms. The van der Waals surface area contributed by atoms with Gasteiger partial charge in [-0.25, -0.2) is 4.98 Å². The third kappa shape index (κ3) is 5.05. The minimum absolute atomic E-state index is 0.0133. The molecule has 1 amide bonds. The number of benzene rings is 2. The molecular formula is C24H25N3O2S2. The van der Waals surface area contributed by atoms with Crippen molar-refractivity contribution in [3.8, 4) is 0 Å². The van der Waals surface area contributed by atoms with Gasteiger partial charge in [0.05, 0.1) is 22.9 Å². The van der Waals surface area contributed by atoms with Crippen LogP contribution in [0.4, 0.5) is 5.69 Å². The first-order valence-electron chi connectivity index (χ1n) is 10.2. The Bertz CT molecular complexity index is 1180. The standard InChI is InChI=1S/C24H25N3O2S2/c1-15-9-10-16(2)19(11-15)25-21(28)14-30-24-26-20-12-17(3)31-22(20)23(29)27(24)13-18-7-5-4-6-8-18/h4-11,17H,12-14H2,1-3H3,(H,25,28). The topological polar surface area (TPSA) is 64.0 Å². The first-order valence-corrected chi connectivity index (χ1v) is 12.1. The number of anilines is 1. The number of aromatic nitrogens is 2. The highest BCUT2D eigenvalue weighted by Gasteiger charge is 2.26. The van der Waals surface area contributed by atoms with E-state index in [4.69, 9.17) is 4.98 Å². The van der Waals surface area contributed by atoms with E-state index in [0.717, 1.165) is 39.4 Å². The summed E-state index contributed by atoms with van der Waals surface area (Å²) in [5.74, 6) is 0.0817. The van der Waals surface area contributed by atoms with Crippen molar-refractivity contribution in [1.29, 1.82) is 0 Å². The number of nitrogens with zero attached hydrogens (tertiary/aromatic N) is 2. The molecule has 1 aliphatic heterocycles. The highest BCUT2D eigenvalue weighted by atomic mass is 32.2. The zero-order valence-electron chi connectivity index (χ0n) is 17.8. The van der Waals surface area contributed by atoms with Gasteiger partial charge in [-0.1, -0.05) is 61.2 Å². The number of rotatable bonds is 6. The predicted molar refractivity (Wildman–Crippen MR) is 128 cm³/mol. The lowest BCUT2D eigenvalue weighted by Crippen LogP contribution is -2.26. The molecule has 0 saturated heterocycles. The van der Waals surface area contributed by atoms with Gasteiger partial charge in [0.2, 0.25) is 5.91 Å². The number of fused-ring (bicyclic) bond motifs is 1. The summed E-state index contributed by atoms with van der Waals surface area (Å²) in [7, 11) is 0. The molecule has 5 nitrogen and oxygen atoms in total. The van der Waals surface area contributed by atoms with Gasteiger partial charge < -0.3 is 5.32 Å². The summed E-state index contributed by atoms with van der Waals surface area (Å²) in [5, 5.41) is 3.92. The van der Waals surface area contributed by atoms with Crippen LogP contribution in [-0.2, 0) is 17.8 Å². The van der Waals surface area contributed by atoms with Gasteiger partial charge in [-0.15, -0.1) is 11.8 Å². The Morgan fingerprint density at radius 3 is 2.77 bits per heavy atom. The highest BCUT2D eigenvalue weighted by Crippen LogP contribution is 2.34. The van der Waals surface area contributed by atoms with Crippen LogP contribution >= 0.6 is 23.5 Å². The number of hydrogen-bond donors (Lipinski definition) is 1. The molecule has 0 bridgehead atoms. The first kappa shape index (κ1) is 21.7. The fourth-order valence-electron chi connectivity index (χ4n) is 3.53. The molecule has 0 saturated carbocycles. The van der Waals surface area contributed by atoms with E-state index in [2.05, 4.69) is 12.2 Å². The predicted octanol–water partition coefficient (Wildman–Crippen LogP) is 4.68. The molecule has 2 aromatic carbocycles. The summed E-state index contributed by atoms with van der Waals surface area (Å²) in [4.78, 5) is 31.4. The van der Waals surface area contributed by atoms with E-state index in [-0.39, 0.29) is 17.2 Å². The van der Waals surface area contributed by atoms with Gasteiger partial charge in [-0.2, -0.15) is 0 Å². The number of carbonyl (C=O) groups excluding carboxylic acids is 1. The van der Waals surface area contributed by atoms with Gasteiger partial charge in [0.15, 0.2) is 5.16 Å². The quantitative estimate of drug-likeness (QED) is 0.436. The van der Waals surface area contributed by atoms with Crippen molar-refractivity contribution in [2.45, 2.75) is 49.0 Å². The molecule has 7 heteroatoms. The Morgan fingerprint density at radius 2 is 2.00 bits per heavy atom. The maximum atomic E-state index is 13.2. The maximum Gasteiger partial charge on any atom is 0.268 e. The second kappa shape index (κ2) is 9.32. The molecule has 4 rings (SSSR count). The summed E-state index contributed by atoms with van der Waals surface area (Å²) in [6, 6.07) is 15.9. The van der Waals surface area contributed by atoms with Crippen LogP contribution in [0.5, 0.6) is 0 Å². The van der Waals surface area contributed by atoms with E-state index in [1.807, 2.05) is 62.4 Å². The Balaban J connectivity index is 1.57. The summed E-state index contributed by atoms with van der Waals surface area (Å²) in [5.41, 5.74) is 4.80. The van der Waals surface area contributed by atoms with Crippen molar-refractivity contribution in [2.75, 3.05) is 11.1 Å². The molecule has 0 radical (unpaired) electrons. The van der Waals surface area contributed by atoms with E-state index < -0.39 is 0 Å². The van der Waals surface area contributed by atoms with Crippen LogP contribution in [-0.4, -0.2) is 26.5 Å². The van der Waals surface area contributed by atoms with E-state index in [0.29, 0.717) is 17.0 Å². The van der Waals surface area contributed by atoms with Gasteiger partial charge >= 0.3 is 0 Å². The number of amides is 1. The SMILES string of the molecule is Cc1ccc(C)c(NC(=O)CSc2nc3c(c(=O)n2Cc2ccccc2)SC(C)C3)c1. The lowest BCUT2D eigenvalue weighted by molar-refractivity contribution is -0.113. The fraction of sp³-hybridized carbons (Fsp3) is 0.292. The fourth-order valence-corrected chi connectivity index (χ4v) is 5.46. The van der Waals surface area contributed by atoms with Crippen molar-refractivity contribution < 1.29 is 4.79 Å². The third-order valence-corrected chi connectivity index (χ3v) is 7.34. The van der Waals surface area contributed by atoms with Crippen molar-refractivity contribution in [2.24, 2.45) is 0 Å². The van der Waals surface area contributed by atoms with Gasteiger partial charge in [0.1, 0.15) is 0 Å². The summed E-state index contributed by atoms with van der Waals surface area (Å²) in [6.07, 6.45) is 0.781.